The summed E-state index contributed by atoms with van der Waals surface area (Å²) in [5, 5.41) is 10.1. The van der Waals surface area contributed by atoms with E-state index in [1.54, 1.807) is 6.07 Å². The number of amides is 1. The lowest BCUT2D eigenvalue weighted by Crippen LogP contribution is -2.37. The van der Waals surface area contributed by atoms with E-state index in [2.05, 4.69) is 31.1 Å². The molecule has 154 valence electrons. The summed E-state index contributed by atoms with van der Waals surface area (Å²) in [5.74, 6) is 0.500. The molecule has 1 aromatic heterocycles. The second kappa shape index (κ2) is 9.69. The van der Waals surface area contributed by atoms with Gasteiger partial charge in [0, 0.05) is 24.5 Å². The molecule has 1 aromatic carbocycles. The van der Waals surface area contributed by atoms with Crippen molar-refractivity contribution in [3.05, 3.63) is 36.0 Å². The highest BCUT2D eigenvalue weighted by Crippen LogP contribution is 2.25. The highest BCUT2D eigenvalue weighted by atomic mass is 16.1. The molecule has 0 aliphatic heterocycles. The predicted octanol–water partition coefficient (Wildman–Crippen LogP) is 1.56. The van der Waals surface area contributed by atoms with E-state index >= 15 is 0 Å². The van der Waals surface area contributed by atoms with Crippen molar-refractivity contribution < 1.29 is 4.79 Å². The molecular formula is C19H27N9O. The Morgan fingerprint density at radius 1 is 1.28 bits per heavy atom. The van der Waals surface area contributed by atoms with Crippen molar-refractivity contribution in [2.24, 2.45) is 28.2 Å². The number of hydrogen-bond acceptors (Lipinski definition) is 8. The number of nitrogens with zero attached hydrogens (tertiary/aromatic N) is 3. The summed E-state index contributed by atoms with van der Waals surface area (Å²) in [6.07, 6.45) is 7.07. The van der Waals surface area contributed by atoms with Crippen LogP contribution < -0.4 is 33.3 Å². The zero-order valence-corrected chi connectivity index (χ0v) is 16.1. The molecule has 10 nitrogen and oxygen atoms in total. The van der Waals surface area contributed by atoms with E-state index < -0.39 is 5.91 Å². The van der Waals surface area contributed by atoms with Gasteiger partial charge in [-0.2, -0.15) is 10.1 Å². The molecule has 0 saturated heterocycles. The molecule has 1 aliphatic rings. The Bertz CT molecular complexity index is 871. The third kappa shape index (κ3) is 5.55. The smallest absolute Gasteiger partial charge is 0.254 e. The number of hydrogen-bond donors (Lipinski definition) is 6. The first-order valence-electron chi connectivity index (χ1n) is 9.59. The van der Waals surface area contributed by atoms with Gasteiger partial charge in [-0.1, -0.05) is 18.9 Å². The van der Waals surface area contributed by atoms with Gasteiger partial charge in [-0.3, -0.25) is 10.2 Å². The Morgan fingerprint density at radius 2 is 2.07 bits per heavy atom. The van der Waals surface area contributed by atoms with Crippen LogP contribution in [0.1, 0.15) is 36.0 Å². The summed E-state index contributed by atoms with van der Waals surface area (Å²) in [5.41, 5.74) is 21.3. The molecule has 10 heteroatoms. The third-order valence-corrected chi connectivity index (χ3v) is 4.94. The molecule has 3 rings (SSSR count). The molecule has 0 bridgehead atoms. The van der Waals surface area contributed by atoms with Gasteiger partial charge in [-0.05, 0) is 37.0 Å². The van der Waals surface area contributed by atoms with Gasteiger partial charge in [-0.15, -0.1) is 0 Å². The maximum atomic E-state index is 11.8. The molecule has 9 N–H and O–H groups in total. The summed E-state index contributed by atoms with van der Waals surface area (Å²) in [6, 6.07) is 7.47. The SMILES string of the molecule is N/C=N\Nc1cccc(Nc2nc(NC[C@@H]3CCCC[C@@H]3N)ncc2C(N)=O)c1. The number of aromatic nitrogens is 2. The molecule has 1 fully saturated rings. The minimum Gasteiger partial charge on any atom is -0.388 e. The second-order valence-electron chi connectivity index (χ2n) is 7.01. The van der Waals surface area contributed by atoms with Crippen LogP contribution in [-0.4, -0.2) is 34.8 Å². The van der Waals surface area contributed by atoms with Crippen molar-refractivity contribution in [3.63, 3.8) is 0 Å². The quantitative estimate of drug-likeness (QED) is 0.221. The minimum atomic E-state index is -0.615. The fourth-order valence-electron chi connectivity index (χ4n) is 3.37. The van der Waals surface area contributed by atoms with Gasteiger partial charge in [0.05, 0.1) is 5.69 Å². The number of carbonyl (C=O) groups excluding carboxylic acids is 1. The topological polar surface area (TPSA) is 169 Å². The van der Waals surface area contributed by atoms with E-state index in [9.17, 15) is 4.79 Å². The number of carbonyl (C=O) groups is 1. The molecule has 0 spiro atoms. The molecule has 2 aromatic rings. The monoisotopic (exact) mass is 397 g/mol. The highest BCUT2D eigenvalue weighted by molar-refractivity contribution is 5.98. The van der Waals surface area contributed by atoms with E-state index in [0.717, 1.165) is 24.9 Å². The Kier molecular flexibility index (Phi) is 6.80. The van der Waals surface area contributed by atoms with Gasteiger partial charge in [0.25, 0.3) is 5.91 Å². The van der Waals surface area contributed by atoms with Crippen molar-refractivity contribution in [1.29, 1.82) is 0 Å². The van der Waals surface area contributed by atoms with E-state index in [-0.39, 0.29) is 11.6 Å². The average Bonchev–Trinajstić information content (AvgIpc) is 2.72. The molecule has 1 aliphatic carbocycles. The van der Waals surface area contributed by atoms with Crippen LogP contribution in [-0.2, 0) is 0 Å². The molecule has 29 heavy (non-hydrogen) atoms. The number of primary amides is 1. The maximum Gasteiger partial charge on any atom is 0.254 e. The van der Waals surface area contributed by atoms with Crippen LogP contribution in [0.5, 0.6) is 0 Å². The van der Waals surface area contributed by atoms with Gasteiger partial charge in [-0.25, -0.2) is 4.98 Å². The zero-order valence-electron chi connectivity index (χ0n) is 16.1. The first-order valence-corrected chi connectivity index (χ1v) is 9.59. The van der Waals surface area contributed by atoms with Crippen molar-refractivity contribution in [1.82, 2.24) is 9.97 Å². The van der Waals surface area contributed by atoms with Crippen molar-refractivity contribution >= 4 is 35.4 Å². The first-order chi connectivity index (χ1) is 14.1. The Hall–Kier alpha value is -3.40. The van der Waals surface area contributed by atoms with E-state index in [4.69, 9.17) is 17.2 Å². The van der Waals surface area contributed by atoms with Crippen molar-refractivity contribution in [2.45, 2.75) is 31.7 Å². The molecular weight excluding hydrogens is 370 g/mol. The molecule has 1 heterocycles. The molecule has 1 saturated carbocycles. The van der Waals surface area contributed by atoms with Gasteiger partial charge < -0.3 is 27.8 Å². The van der Waals surface area contributed by atoms with Gasteiger partial charge >= 0.3 is 0 Å². The zero-order chi connectivity index (χ0) is 20.6. The number of benzene rings is 1. The van der Waals surface area contributed by atoms with Crippen LogP contribution in [0.25, 0.3) is 0 Å². The van der Waals surface area contributed by atoms with Crippen LogP contribution in [0.3, 0.4) is 0 Å². The minimum absolute atomic E-state index is 0.185. The van der Waals surface area contributed by atoms with Gasteiger partial charge in [0.15, 0.2) is 0 Å². The average molecular weight is 397 g/mol. The summed E-state index contributed by atoms with van der Waals surface area (Å²) >= 11 is 0. The number of nitrogens with two attached hydrogens (primary N) is 3. The number of anilines is 4. The molecule has 0 radical (unpaired) electrons. The first kappa shape index (κ1) is 20.3. The lowest BCUT2D eigenvalue weighted by atomic mass is 9.85. The largest absolute Gasteiger partial charge is 0.388 e. The highest BCUT2D eigenvalue weighted by Gasteiger charge is 2.22. The van der Waals surface area contributed by atoms with Crippen molar-refractivity contribution in [2.75, 3.05) is 22.6 Å². The Morgan fingerprint density at radius 3 is 2.83 bits per heavy atom. The third-order valence-electron chi connectivity index (χ3n) is 4.94. The normalized spacial score (nSPS) is 19.1. The summed E-state index contributed by atoms with van der Waals surface area (Å²) in [4.78, 5) is 20.5. The summed E-state index contributed by atoms with van der Waals surface area (Å²) in [7, 11) is 0. The van der Waals surface area contributed by atoms with Crippen LogP contribution >= 0.6 is 0 Å². The van der Waals surface area contributed by atoms with E-state index in [1.807, 2.05) is 18.2 Å². The summed E-state index contributed by atoms with van der Waals surface area (Å²) < 4.78 is 0. The Balaban J connectivity index is 1.75. The fraction of sp³-hybridized carbons (Fsp3) is 0.368. The number of nitrogens with one attached hydrogen (secondary N) is 3. The second-order valence-corrected chi connectivity index (χ2v) is 7.01. The standard InChI is InChI=1S/C19H27N9O/c20-11-25-28-14-6-3-5-13(8-14)26-18-15(17(22)29)10-24-19(27-18)23-9-12-4-1-2-7-16(12)21/h3,5-6,8,10-12,16,28H,1-2,4,7,9,21H2,(H2,20,25)(H2,22,29)(H2,23,24,26,27)/t12-,16-/m0/s1. The van der Waals surface area contributed by atoms with Crippen molar-refractivity contribution in [3.8, 4) is 0 Å². The predicted molar refractivity (Wildman–Crippen MR) is 115 cm³/mol. The number of hydrazone groups is 1. The van der Waals surface area contributed by atoms with Crippen LogP contribution in [0.15, 0.2) is 35.6 Å². The molecule has 2 atom stereocenters. The van der Waals surface area contributed by atoms with Crippen LogP contribution in [0.4, 0.5) is 23.1 Å². The maximum absolute atomic E-state index is 11.8. The summed E-state index contributed by atoms with van der Waals surface area (Å²) in [6.45, 7) is 0.688. The number of rotatable bonds is 8. The lowest BCUT2D eigenvalue weighted by molar-refractivity contribution is 0.100. The lowest BCUT2D eigenvalue weighted by Gasteiger charge is -2.28. The molecule has 0 unspecified atom stereocenters. The van der Waals surface area contributed by atoms with Gasteiger partial charge in [0.2, 0.25) is 5.95 Å². The molecule has 1 amide bonds. The van der Waals surface area contributed by atoms with E-state index in [0.29, 0.717) is 29.9 Å². The van der Waals surface area contributed by atoms with Crippen LogP contribution in [0, 0.1) is 5.92 Å². The Labute approximate surface area is 169 Å². The fourth-order valence-corrected chi connectivity index (χ4v) is 3.37. The van der Waals surface area contributed by atoms with Crippen LogP contribution in [0.2, 0.25) is 0 Å². The van der Waals surface area contributed by atoms with E-state index in [1.165, 1.54) is 19.0 Å². The van der Waals surface area contributed by atoms with Gasteiger partial charge in [0.1, 0.15) is 17.7 Å².